The summed E-state index contributed by atoms with van der Waals surface area (Å²) in [5, 5.41) is 3.04. The Bertz CT molecular complexity index is 1110. The summed E-state index contributed by atoms with van der Waals surface area (Å²) in [6, 6.07) is 12.8. The van der Waals surface area contributed by atoms with Gasteiger partial charge in [-0.15, -0.1) is 0 Å². The van der Waals surface area contributed by atoms with Crippen molar-refractivity contribution < 1.29 is 23.5 Å². The molecular formula is C21H18ClNO6. The standard InChI is InChI=1S/C21H18ClNO6/c1-12-16-9-8-15(10-17(16)29-20(25)18(12)22)28-19(24)13(2)23-21(26)27-11-14-6-4-3-5-7-14/h3-10,13H,11H2,1-2H3,(H,23,26)/t13-/m1/s1. The molecule has 3 aromatic rings. The molecule has 0 fully saturated rings. The van der Waals surface area contributed by atoms with Crippen LogP contribution in [0.25, 0.3) is 11.0 Å². The first-order valence-corrected chi connectivity index (χ1v) is 9.15. The van der Waals surface area contributed by atoms with Gasteiger partial charge in [0.05, 0.1) is 0 Å². The molecule has 7 nitrogen and oxygen atoms in total. The Morgan fingerprint density at radius 1 is 1.17 bits per heavy atom. The van der Waals surface area contributed by atoms with Crippen LogP contribution in [0.1, 0.15) is 18.1 Å². The number of hydrogen-bond acceptors (Lipinski definition) is 6. The molecule has 0 saturated carbocycles. The molecule has 0 bridgehead atoms. The van der Waals surface area contributed by atoms with Gasteiger partial charge >= 0.3 is 17.7 Å². The van der Waals surface area contributed by atoms with Gasteiger partial charge in [-0.2, -0.15) is 0 Å². The van der Waals surface area contributed by atoms with Gasteiger partial charge in [0, 0.05) is 11.5 Å². The van der Waals surface area contributed by atoms with E-state index < -0.39 is 23.7 Å². The topological polar surface area (TPSA) is 94.8 Å². The van der Waals surface area contributed by atoms with E-state index >= 15 is 0 Å². The summed E-state index contributed by atoms with van der Waals surface area (Å²) in [6.07, 6.45) is -0.743. The summed E-state index contributed by atoms with van der Waals surface area (Å²) in [5.74, 6) is -0.535. The molecule has 0 aliphatic rings. The number of amides is 1. The fourth-order valence-corrected chi connectivity index (χ4v) is 2.72. The molecular weight excluding hydrogens is 398 g/mol. The molecule has 2 aromatic carbocycles. The van der Waals surface area contributed by atoms with Crippen molar-refractivity contribution in [3.8, 4) is 5.75 Å². The number of aryl methyl sites for hydroxylation is 1. The number of ether oxygens (including phenoxy) is 2. The largest absolute Gasteiger partial charge is 0.445 e. The highest BCUT2D eigenvalue weighted by Gasteiger charge is 2.19. The number of hydrogen-bond donors (Lipinski definition) is 1. The average molecular weight is 416 g/mol. The molecule has 3 rings (SSSR count). The van der Waals surface area contributed by atoms with E-state index in [4.69, 9.17) is 25.5 Å². The second-order valence-electron chi connectivity index (χ2n) is 6.34. The number of rotatable bonds is 5. The summed E-state index contributed by atoms with van der Waals surface area (Å²) in [5.41, 5.74) is 0.972. The minimum atomic E-state index is -0.951. The monoisotopic (exact) mass is 415 g/mol. The summed E-state index contributed by atoms with van der Waals surface area (Å²) >= 11 is 5.89. The van der Waals surface area contributed by atoms with E-state index in [0.717, 1.165) is 5.56 Å². The second-order valence-corrected chi connectivity index (χ2v) is 6.71. The second kappa shape index (κ2) is 8.79. The maximum Gasteiger partial charge on any atom is 0.408 e. The van der Waals surface area contributed by atoms with Crippen molar-refractivity contribution in [2.24, 2.45) is 0 Å². The van der Waals surface area contributed by atoms with Crippen LogP contribution in [0.3, 0.4) is 0 Å². The lowest BCUT2D eigenvalue weighted by atomic mass is 10.1. The van der Waals surface area contributed by atoms with E-state index in [-0.39, 0.29) is 23.0 Å². The quantitative estimate of drug-likeness (QED) is 0.385. The Hall–Kier alpha value is -3.32. The molecule has 1 atom stereocenters. The van der Waals surface area contributed by atoms with Crippen molar-refractivity contribution in [1.29, 1.82) is 0 Å². The van der Waals surface area contributed by atoms with Crippen LogP contribution in [0.15, 0.2) is 57.7 Å². The van der Waals surface area contributed by atoms with Gasteiger partial charge < -0.3 is 19.2 Å². The summed E-state index contributed by atoms with van der Waals surface area (Å²) in [6.45, 7) is 3.25. The molecule has 1 heterocycles. The van der Waals surface area contributed by atoms with Crippen LogP contribution in [0.5, 0.6) is 5.75 Å². The highest BCUT2D eigenvalue weighted by Crippen LogP contribution is 2.26. The molecule has 29 heavy (non-hydrogen) atoms. The van der Waals surface area contributed by atoms with Crippen molar-refractivity contribution in [2.75, 3.05) is 0 Å². The summed E-state index contributed by atoms with van der Waals surface area (Å²) < 4.78 is 15.5. The molecule has 0 spiro atoms. The van der Waals surface area contributed by atoms with Crippen LogP contribution < -0.4 is 15.7 Å². The lowest BCUT2D eigenvalue weighted by Crippen LogP contribution is -2.41. The lowest BCUT2D eigenvalue weighted by Gasteiger charge is -2.14. The predicted molar refractivity (Wildman–Crippen MR) is 107 cm³/mol. The van der Waals surface area contributed by atoms with Gasteiger partial charge in [0.15, 0.2) is 0 Å². The van der Waals surface area contributed by atoms with Gasteiger partial charge in [-0.3, -0.25) is 0 Å². The molecule has 0 saturated heterocycles. The van der Waals surface area contributed by atoms with Crippen molar-refractivity contribution in [1.82, 2.24) is 5.32 Å². The fraction of sp³-hybridized carbons (Fsp3) is 0.190. The number of benzene rings is 2. The van der Waals surface area contributed by atoms with Crippen molar-refractivity contribution >= 4 is 34.6 Å². The van der Waals surface area contributed by atoms with Gasteiger partial charge in [-0.1, -0.05) is 41.9 Å². The minimum Gasteiger partial charge on any atom is -0.445 e. The molecule has 1 aromatic heterocycles. The van der Waals surface area contributed by atoms with Crippen molar-refractivity contribution in [3.63, 3.8) is 0 Å². The number of nitrogens with one attached hydrogen (secondary N) is 1. The average Bonchev–Trinajstić information content (AvgIpc) is 2.71. The number of halogens is 1. The zero-order valence-electron chi connectivity index (χ0n) is 15.7. The van der Waals surface area contributed by atoms with Gasteiger partial charge in [0.25, 0.3) is 0 Å². The third kappa shape index (κ3) is 4.94. The third-order valence-electron chi connectivity index (χ3n) is 4.19. The number of alkyl carbamates (subject to hydrolysis) is 1. The minimum absolute atomic E-state index is 0.00841. The van der Waals surface area contributed by atoms with Gasteiger partial charge in [0.1, 0.15) is 29.0 Å². The van der Waals surface area contributed by atoms with E-state index in [0.29, 0.717) is 10.9 Å². The first kappa shape index (κ1) is 20.4. The maximum atomic E-state index is 12.2. The first-order valence-electron chi connectivity index (χ1n) is 8.77. The first-order chi connectivity index (χ1) is 13.8. The predicted octanol–water partition coefficient (Wildman–Crippen LogP) is 3.98. The van der Waals surface area contributed by atoms with Crippen LogP contribution in [0.4, 0.5) is 4.79 Å². The van der Waals surface area contributed by atoms with Crippen LogP contribution in [-0.2, 0) is 16.1 Å². The van der Waals surface area contributed by atoms with Gasteiger partial charge in [0.2, 0.25) is 0 Å². The summed E-state index contributed by atoms with van der Waals surface area (Å²) in [7, 11) is 0. The van der Waals surface area contributed by atoms with Gasteiger partial charge in [-0.25, -0.2) is 14.4 Å². The van der Waals surface area contributed by atoms with Crippen molar-refractivity contribution in [3.05, 3.63) is 75.1 Å². The lowest BCUT2D eigenvalue weighted by molar-refractivity contribution is -0.136. The van der Waals surface area contributed by atoms with E-state index in [1.165, 1.54) is 13.0 Å². The Balaban J connectivity index is 1.61. The molecule has 0 aliphatic carbocycles. The number of esters is 1. The number of fused-ring (bicyclic) bond motifs is 1. The highest BCUT2D eigenvalue weighted by atomic mass is 35.5. The Kier molecular flexibility index (Phi) is 6.19. The molecule has 1 N–H and O–H groups in total. The Morgan fingerprint density at radius 2 is 1.90 bits per heavy atom. The maximum absolute atomic E-state index is 12.2. The number of carbonyl (C=O) groups is 2. The van der Waals surface area contributed by atoms with Crippen molar-refractivity contribution in [2.45, 2.75) is 26.5 Å². The van der Waals surface area contributed by atoms with Gasteiger partial charge in [-0.05, 0) is 37.1 Å². The van der Waals surface area contributed by atoms with Crippen LogP contribution in [0.2, 0.25) is 5.02 Å². The molecule has 0 unspecified atom stereocenters. The van der Waals surface area contributed by atoms with E-state index in [2.05, 4.69) is 5.32 Å². The third-order valence-corrected chi connectivity index (χ3v) is 4.63. The molecule has 150 valence electrons. The van der Waals surface area contributed by atoms with E-state index in [1.807, 2.05) is 30.3 Å². The molecule has 0 radical (unpaired) electrons. The molecule has 1 amide bonds. The molecule has 8 heteroatoms. The summed E-state index contributed by atoms with van der Waals surface area (Å²) in [4.78, 5) is 35.8. The highest BCUT2D eigenvalue weighted by molar-refractivity contribution is 6.31. The van der Waals surface area contributed by atoms with Crippen LogP contribution in [-0.4, -0.2) is 18.1 Å². The zero-order chi connectivity index (χ0) is 21.0. The Morgan fingerprint density at radius 3 is 2.62 bits per heavy atom. The zero-order valence-corrected chi connectivity index (χ0v) is 16.5. The van der Waals surface area contributed by atoms with E-state index in [1.54, 1.807) is 19.1 Å². The van der Waals surface area contributed by atoms with Crippen LogP contribution in [0, 0.1) is 6.92 Å². The fourth-order valence-electron chi connectivity index (χ4n) is 2.58. The normalized spacial score (nSPS) is 11.7. The molecule has 0 aliphatic heterocycles. The SMILES string of the molecule is Cc1c(Cl)c(=O)oc2cc(OC(=O)[C@@H](C)NC(=O)OCc3ccccc3)ccc12. The van der Waals surface area contributed by atoms with Crippen LogP contribution >= 0.6 is 11.6 Å². The number of carbonyl (C=O) groups excluding carboxylic acids is 2. The van der Waals surface area contributed by atoms with E-state index in [9.17, 15) is 14.4 Å². The smallest absolute Gasteiger partial charge is 0.408 e. The Labute approximate surface area is 171 Å².